The molecule has 0 heterocycles. The van der Waals surface area contributed by atoms with Gasteiger partial charge >= 0.3 is 6.18 Å². The maximum absolute atomic E-state index is 12.2. The smallest absolute Gasteiger partial charge is 0.415 e. The zero-order valence-electron chi connectivity index (χ0n) is 11.6. The van der Waals surface area contributed by atoms with Crippen molar-refractivity contribution in [3.8, 4) is 11.8 Å². The third-order valence-corrected chi connectivity index (χ3v) is 2.78. The Labute approximate surface area is 121 Å². The van der Waals surface area contributed by atoms with Crippen LogP contribution in [0, 0.1) is 11.3 Å². The molecule has 1 atom stereocenters. The van der Waals surface area contributed by atoms with E-state index in [2.05, 4.69) is 0 Å². The zero-order valence-corrected chi connectivity index (χ0v) is 11.6. The van der Waals surface area contributed by atoms with Gasteiger partial charge in [-0.1, -0.05) is 6.07 Å². The standard InChI is InChI=1S/C14H17F3N2O2/c1-19(10-13(20)14(15,16)17)6-3-7-21-12-5-2-4-11(8-12)9-18/h2,4-5,8,13,20H,3,6-7,10H2,1H3. The lowest BCUT2D eigenvalue weighted by molar-refractivity contribution is -0.207. The zero-order chi connectivity index (χ0) is 15.9. The van der Waals surface area contributed by atoms with Crippen molar-refractivity contribution in [2.24, 2.45) is 0 Å². The Morgan fingerprint density at radius 3 is 2.76 bits per heavy atom. The second kappa shape index (κ2) is 7.86. The average molecular weight is 302 g/mol. The highest BCUT2D eigenvalue weighted by atomic mass is 19.4. The monoisotopic (exact) mass is 302 g/mol. The number of aliphatic hydroxyl groups is 1. The van der Waals surface area contributed by atoms with Crippen molar-refractivity contribution in [2.75, 3.05) is 26.7 Å². The van der Waals surface area contributed by atoms with E-state index in [1.165, 1.54) is 11.9 Å². The van der Waals surface area contributed by atoms with E-state index in [1.54, 1.807) is 24.3 Å². The summed E-state index contributed by atoms with van der Waals surface area (Å²) in [5, 5.41) is 17.6. The summed E-state index contributed by atoms with van der Waals surface area (Å²) in [7, 11) is 1.51. The molecule has 0 fully saturated rings. The Morgan fingerprint density at radius 2 is 2.14 bits per heavy atom. The number of benzene rings is 1. The van der Waals surface area contributed by atoms with Crippen LogP contribution in [0.15, 0.2) is 24.3 Å². The molecular formula is C14H17F3N2O2. The van der Waals surface area contributed by atoms with E-state index in [9.17, 15) is 13.2 Å². The molecule has 0 radical (unpaired) electrons. The topological polar surface area (TPSA) is 56.5 Å². The summed E-state index contributed by atoms with van der Waals surface area (Å²) in [5.74, 6) is 0.548. The number of ether oxygens (including phenoxy) is 1. The van der Waals surface area contributed by atoms with Gasteiger partial charge in [0.05, 0.1) is 18.2 Å². The van der Waals surface area contributed by atoms with Crippen molar-refractivity contribution in [1.29, 1.82) is 5.26 Å². The summed E-state index contributed by atoms with van der Waals surface area (Å²) < 4.78 is 41.9. The molecule has 4 nitrogen and oxygen atoms in total. The second-order valence-electron chi connectivity index (χ2n) is 4.66. The van der Waals surface area contributed by atoms with Crippen molar-refractivity contribution in [3.05, 3.63) is 29.8 Å². The van der Waals surface area contributed by atoms with Gasteiger partial charge in [0, 0.05) is 13.1 Å². The van der Waals surface area contributed by atoms with Gasteiger partial charge in [0.2, 0.25) is 0 Å². The van der Waals surface area contributed by atoms with E-state index in [0.29, 0.717) is 30.9 Å². The van der Waals surface area contributed by atoms with Crippen LogP contribution in [0.5, 0.6) is 5.75 Å². The molecule has 0 amide bonds. The molecule has 1 unspecified atom stereocenters. The number of hydrogen-bond donors (Lipinski definition) is 1. The van der Waals surface area contributed by atoms with Crippen LogP contribution in [0.1, 0.15) is 12.0 Å². The van der Waals surface area contributed by atoms with Crippen molar-refractivity contribution in [2.45, 2.75) is 18.7 Å². The van der Waals surface area contributed by atoms with Gasteiger partial charge in [-0.25, -0.2) is 0 Å². The lowest BCUT2D eigenvalue weighted by atomic mass is 10.2. The maximum atomic E-state index is 12.2. The molecule has 0 bridgehead atoms. The molecule has 21 heavy (non-hydrogen) atoms. The molecule has 1 aromatic carbocycles. The maximum Gasteiger partial charge on any atom is 0.415 e. The minimum absolute atomic E-state index is 0.321. The lowest BCUT2D eigenvalue weighted by Crippen LogP contribution is -2.39. The Morgan fingerprint density at radius 1 is 1.43 bits per heavy atom. The van der Waals surface area contributed by atoms with Gasteiger partial charge in [0.15, 0.2) is 6.10 Å². The number of nitrogens with zero attached hydrogens (tertiary/aromatic N) is 2. The summed E-state index contributed by atoms with van der Waals surface area (Å²) in [6, 6.07) is 8.64. The van der Waals surface area contributed by atoms with Crippen LogP contribution in [-0.2, 0) is 0 Å². The summed E-state index contributed by atoms with van der Waals surface area (Å²) in [6.07, 6.45) is -6.42. The third-order valence-electron chi connectivity index (χ3n) is 2.78. The predicted octanol–water partition coefficient (Wildman–Crippen LogP) is 2.18. The van der Waals surface area contributed by atoms with E-state index in [4.69, 9.17) is 15.1 Å². The molecule has 116 valence electrons. The summed E-state index contributed by atoms with van der Waals surface area (Å²) in [6.45, 7) is 0.222. The molecule has 1 aromatic rings. The SMILES string of the molecule is CN(CCCOc1cccc(C#N)c1)CC(O)C(F)(F)F. The minimum atomic E-state index is -4.59. The molecule has 1 rings (SSSR count). The molecule has 0 saturated carbocycles. The van der Waals surface area contributed by atoms with E-state index in [0.717, 1.165) is 0 Å². The van der Waals surface area contributed by atoms with Crippen LogP contribution in [0.3, 0.4) is 0 Å². The Kier molecular flexibility index (Phi) is 6.46. The van der Waals surface area contributed by atoms with E-state index in [1.807, 2.05) is 6.07 Å². The molecule has 0 spiro atoms. The van der Waals surface area contributed by atoms with Gasteiger partial charge in [0.1, 0.15) is 5.75 Å². The normalized spacial score (nSPS) is 13.0. The van der Waals surface area contributed by atoms with Crippen LogP contribution in [0.2, 0.25) is 0 Å². The molecule has 0 aliphatic rings. The van der Waals surface area contributed by atoms with Crippen molar-refractivity contribution in [1.82, 2.24) is 4.90 Å². The number of alkyl halides is 3. The number of nitriles is 1. The first-order valence-electron chi connectivity index (χ1n) is 6.39. The van der Waals surface area contributed by atoms with Crippen molar-refractivity contribution in [3.63, 3.8) is 0 Å². The highest BCUT2D eigenvalue weighted by Gasteiger charge is 2.38. The van der Waals surface area contributed by atoms with E-state index >= 15 is 0 Å². The molecular weight excluding hydrogens is 285 g/mol. The summed E-state index contributed by atoms with van der Waals surface area (Å²) >= 11 is 0. The van der Waals surface area contributed by atoms with Gasteiger partial charge in [-0.3, -0.25) is 0 Å². The van der Waals surface area contributed by atoms with Gasteiger partial charge in [-0.15, -0.1) is 0 Å². The van der Waals surface area contributed by atoms with Gasteiger partial charge in [-0.05, 0) is 31.7 Å². The second-order valence-corrected chi connectivity index (χ2v) is 4.66. The predicted molar refractivity (Wildman–Crippen MR) is 70.8 cm³/mol. The summed E-state index contributed by atoms with van der Waals surface area (Å²) in [5.41, 5.74) is 0.484. The fraction of sp³-hybridized carbons (Fsp3) is 0.500. The van der Waals surface area contributed by atoms with Crippen LogP contribution in [0.4, 0.5) is 13.2 Å². The number of hydrogen-bond acceptors (Lipinski definition) is 4. The van der Waals surface area contributed by atoms with Crippen LogP contribution in [0.25, 0.3) is 0 Å². The van der Waals surface area contributed by atoms with Crippen LogP contribution >= 0.6 is 0 Å². The third kappa shape index (κ3) is 6.47. The van der Waals surface area contributed by atoms with Crippen molar-refractivity contribution >= 4 is 0 Å². The Hall–Kier alpha value is -1.78. The number of halogens is 3. The Balaban J connectivity index is 2.26. The first-order valence-corrected chi connectivity index (χ1v) is 6.39. The molecule has 7 heteroatoms. The molecule has 0 aliphatic heterocycles. The number of aliphatic hydroxyl groups excluding tert-OH is 1. The minimum Gasteiger partial charge on any atom is -0.494 e. The largest absolute Gasteiger partial charge is 0.494 e. The highest BCUT2D eigenvalue weighted by molar-refractivity contribution is 5.36. The quantitative estimate of drug-likeness (QED) is 0.784. The van der Waals surface area contributed by atoms with Crippen LogP contribution < -0.4 is 4.74 Å². The molecule has 0 saturated heterocycles. The van der Waals surface area contributed by atoms with Gasteiger partial charge in [-0.2, -0.15) is 18.4 Å². The van der Waals surface area contributed by atoms with Crippen molar-refractivity contribution < 1.29 is 23.0 Å². The van der Waals surface area contributed by atoms with Gasteiger partial charge in [0.25, 0.3) is 0 Å². The fourth-order valence-electron chi connectivity index (χ4n) is 1.67. The Bertz CT molecular complexity index is 486. The molecule has 0 aliphatic carbocycles. The first-order chi connectivity index (χ1) is 9.82. The molecule has 0 aromatic heterocycles. The first kappa shape index (κ1) is 17.3. The average Bonchev–Trinajstić information content (AvgIpc) is 2.43. The lowest BCUT2D eigenvalue weighted by Gasteiger charge is -2.22. The van der Waals surface area contributed by atoms with Gasteiger partial charge < -0.3 is 14.7 Å². The van der Waals surface area contributed by atoms with E-state index in [-0.39, 0.29) is 0 Å². The number of rotatable bonds is 7. The van der Waals surface area contributed by atoms with Crippen LogP contribution in [-0.4, -0.2) is 49.0 Å². The summed E-state index contributed by atoms with van der Waals surface area (Å²) in [4.78, 5) is 1.40. The highest BCUT2D eigenvalue weighted by Crippen LogP contribution is 2.20. The number of likely N-dealkylation sites (N-methyl/N-ethyl adjacent to an activating group) is 1. The molecule has 1 N–H and O–H groups in total. The fourth-order valence-corrected chi connectivity index (χ4v) is 1.67. The van der Waals surface area contributed by atoms with E-state index < -0.39 is 18.8 Å².